The van der Waals surface area contributed by atoms with Crippen LogP contribution in [0.4, 0.5) is 23.8 Å². The van der Waals surface area contributed by atoms with Gasteiger partial charge in [-0.25, -0.2) is 4.79 Å². The number of alkyl halides is 3. The molecule has 1 unspecified atom stereocenters. The van der Waals surface area contributed by atoms with Gasteiger partial charge in [-0.3, -0.25) is 5.32 Å². The van der Waals surface area contributed by atoms with Crippen molar-refractivity contribution in [3.8, 4) is 0 Å². The highest BCUT2D eigenvalue weighted by Crippen LogP contribution is 2.30. The molecule has 0 spiro atoms. The number of hydrogen-bond acceptors (Lipinski definition) is 3. The monoisotopic (exact) mass is 353 g/mol. The van der Waals surface area contributed by atoms with Crippen LogP contribution in [0.15, 0.2) is 41.1 Å². The van der Waals surface area contributed by atoms with Crippen molar-refractivity contribution in [2.45, 2.75) is 25.4 Å². The Kier molecular flexibility index (Phi) is 4.96. The number of rotatable bonds is 3. The van der Waals surface area contributed by atoms with Crippen molar-refractivity contribution in [3.05, 3.63) is 47.7 Å². The molecule has 2 amide bonds. The third kappa shape index (κ3) is 4.52. The summed E-state index contributed by atoms with van der Waals surface area (Å²) in [5, 5.41) is 6.27. The largest absolute Gasteiger partial charge is 0.416 e. The van der Waals surface area contributed by atoms with Gasteiger partial charge in [0, 0.05) is 19.2 Å². The summed E-state index contributed by atoms with van der Waals surface area (Å²) in [4.78, 5) is 13.9. The Balaban J connectivity index is 1.61. The van der Waals surface area contributed by atoms with Gasteiger partial charge in [0.15, 0.2) is 5.82 Å². The third-order valence-corrected chi connectivity index (χ3v) is 4.26. The summed E-state index contributed by atoms with van der Waals surface area (Å²) in [7, 11) is 0. The maximum atomic E-state index is 12.8. The minimum atomic E-state index is -4.34. The van der Waals surface area contributed by atoms with Crippen LogP contribution in [-0.2, 0) is 12.6 Å². The van der Waals surface area contributed by atoms with Crippen LogP contribution in [0, 0.1) is 5.92 Å². The summed E-state index contributed by atoms with van der Waals surface area (Å²) in [6.07, 6.45) is -0.772. The van der Waals surface area contributed by atoms with E-state index >= 15 is 0 Å². The van der Waals surface area contributed by atoms with E-state index < -0.39 is 11.7 Å². The van der Waals surface area contributed by atoms with E-state index in [1.54, 1.807) is 17.0 Å². The number of carbonyl (C=O) groups is 1. The molecule has 3 rings (SSSR count). The normalized spacial score (nSPS) is 18.2. The van der Waals surface area contributed by atoms with Gasteiger partial charge in [0.25, 0.3) is 0 Å². The number of aromatic nitrogens is 1. The molecule has 134 valence electrons. The fraction of sp³-hybridized carbons (Fsp3) is 0.412. The number of urea groups is 1. The predicted octanol–water partition coefficient (Wildman–Crippen LogP) is 4.18. The summed E-state index contributed by atoms with van der Waals surface area (Å²) in [5.74, 6) is 0.463. The van der Waals surface area contributed by atoms with E-state index in [2.05, 4.69) is 15.0 Å². The van der Waals surface area contributed by atoms with Crippen LogP contribution in [0.25, 0.3) is 0 Å². The highest BCUT2D eigenvalue weighted by Gasteiger charge is 2.31. The highest BCUT2D eigenvalue weighted by molar-refractivity contribution is 5.88. The summed E-state index contributed by atoms with van der Waals surface area (Å²) < 4.78 is 43.1. The van der Waals surface area contributed by atoms with Crippen LogP contribution in [-0.4, -0.2) is 29.2 Å². The first-order valence-electron chi connectivity index (χ1n) is 8.04. The second kappa shape index (κ2) is 7.16. The van der Waals surface area contributed by atoms with E-state index in [4.69, 9.17) is 0 Å². The van der Waals surface area contributed by atoms with E-state index in [9.17, 15) is 18.0 Å². The molecule has 5 nitrogen and oxygen atoms in total. The van der Waals surface area contributed by atoms with Gasteiger partial charge in [-0.1, -0.05) is 23.4 Å². The number of nitrogens with one attached hydrogen (secondary N) is 1. The van der Waals surface area contributed by atoms with Crippen molar-refractivity contribution in [2.24, 2.45) is 5.92 Å². The maximum Gasteiger partial charge on any atom is 0.416 e. The first kappa shape index (κ1) is 17.3. The molecule has 2 aromatic rings. The molecular weight excluding hydrogens is 335 g/mol. The molecule has 1 saturated heterocycles. The Labute approximate surface area is 142 Å². The first-order chi connectivity index (χ1) is 11.9. The fourth-order valence-corrected chi connectivity index (χ4v) is 3.09. The van der Waals surface area contributed by atoms with Gasteiger partial charge in [0.1, 0.15) is 6.26 Å². The first-order valence-corrected chi connectivity index (χ1v) is 8.04. The average molecular weight is 353 g/mol. The molecule has 1 N–H and O–H groups in total. The predicted molar refractivity (Wildman–Crippen MR) is 85.0 cm³/mol. The van der Waals surface area contributed by atoms with Crippen molar-refractivity contribution < 1.29 is 22.5 Å². The van der Waals surface area contributed by atoms with Crippen molar-refractivity contribution in [2.75, 3.05) is 18.4 Å². The standard InChI is InChI=1S/C17H18F3N3O2/c18-17(19,20)14-5-1-3-12(10-14)9-13-4-2-7-23(11-13)16(24)21-15-6-8-25-22-15/h1,3,5-6,8,10,13H,2,4,7,9,11H2,(H,21,22,24). The van der Waals surface area contributed by atoms with Gasteiger partial charge in [-0.05, 0) is 36.8 Å². The molecule has 1 aliphatic rings. The van der Waals surface area contributed by atoms with Crippen molar-refractivity contribution in [3.63, 3.8) is 0 Å². The zero-order chi connectivity index (χ0) is 17.9. The Morgan fingerprint density at radius 2 is 2.20 bits per heavy atom. The van der Waals surface area contributed by atoms with Crippen molar-refractivity contribution >= 4 is 11.8 Å². The quantitative estimate of drug-likeness (QED) is 0.901. The van der Waals surface area contributed by atoms with Crippen LogP contribution in [0.1, 0.15) is 24.0 Å². The topological polar surface area (TPSA) is 58.4 Å². The minimum Gasteiger partial charge on any atom is -0.363 e. The Morgan fingerprint density at radius 3 is 2.92 bits per heavy atom. The molecule has 1 aromatic carbocycles. The summed E-state index contributed by atoms with van der Waals surface area (Å²) in [6.45, 7) is 1.11. The molecule has 2 heterocycles. The smallest absolute Gasteiger partial charge is 0.363 e. The number of likely N-dealkylation sites (tertiary alicyclic amines) is 1. The average Bonchev–Trinajstić information content (AvgIpc) is 3.07. The van der Waals surface area contributed by atoms with Crippen molar-refractivity contribution in [1.82, 2.24) is 10.1 Å². The van der Waals surface area contributed by atoms with Crippen molar-refractivity contribution in [1.29, 1.82) is 0 Å². The van der Waals surface area contributed by atoms with E-state index in [1.807, 2.05) is 0 Å². The number of hydrogen-bond donors (Lipinski definition) is 1. The molecule has 0 radical (unpaired) electrons. The number of carbonyl (C=O) groups excluding carboxylic acids is 1. The molecule has 0 saturated carbocycles. The third-order valence-electron chi connectivity index (χ3n) is 4.26. The summed E-state index contributed by atoms with van der Waals surface area (Å²) in [6, 6.07) is 6.65. The fourth-order valence-electron chi connectivity index (χ4n) is 3.09. The zero-order valence-corrected chi connectivity index (χ0v) is 13.4. The number of nitrogens with zero attached hydrogens (tertiary/aromatic N) is 2. The Hall–Kier alpha value is -2.51. The molecule has 0 bridgehead atoms. The van der Waals surface area contributed by atoms with E-state index in [0.717, 1.165) is 18.9 Å². The zero-order valence-electron chi connectivity index (χ0n) is 13.4. The van der Waals surface area contributed by atoms with E-state index in [1.165, 1.54) is 18.4 Å². The molecule has 8 heteroatoms. The van der Waals surface area contributed by atoms with Crippen LogP contribution in [0.5, 0.6) is 0 Å². The maximum absolute atomic E-state index is 12.8. The van der Waals surface area contributed by atoms with Gasteiger partial charge < -0.3 is 9.42 Å². The second-order valence-electron chi connectivity index (χ2n) is 6.17. The van der Waals surface area contributed by atoms with E-state index in [0.29, 0.717) is 30.9 Å². The summed E-state index contributed by atoms with van der Waals surface area (Å²) >= 11 is 0. The minimum absolute atomic E-state index is 0.125. The van der Waals surface area contributed by atoms with Crippen LogP contribution >= 0.6 is 0 Å². The number of benzene rings is 1. The van der Waals surface area contributed by atoms with Gasteiger partial charge in [0.05, 0.1) is 5.56 Å². The molecule has 25 heavy (non-hydrogen) atoms. The number of piperidine rings is 1. The SMILES string of the molecule is O=C(Nc1ccon1)N1CCCC(Cc2cccc(C(F)(F)F)c2)C1. The molecule has 1 fully saturated rings. The Bertz CT molecular complexity index is 716. The molecule has 1 atom stereocenters. The second-order valence-corrected chi connectivity index (χ2v) is 6.17. The lowest BCUT2D eigenvalue weighted by Crippen LogP contribution is -2.42. The van der Waals surface area contributed by atoms with Crippen LogP contribution in [0.3, 0.4) is 0 Å². The van der Waals surface area contributed by atoms with Crippen LogP contribution in [0.2, 0.25) is 0 Å². The molecule has 1 aliphatic heterocycles. The Morgan fingerprint density at radius 1 is 1.36 bits per heavy atom. The number of halogens is 3. The van der Waals surface area contributed by atoms with Gasteiger partial charge >= 0.3 is 12.2 Å². The number of amides is 2. The van der Waals surface area contributed by atoms with Crippen LogP contribution < -0.4 is 5.32 Å². The number of anilines is 1. The molecule has 1 aromatic heterocycles. The molecule has 0 aliphatic carbocycles. The molecular formula is C17H18F3N3O2. The van der Waals surface area contributed by atoms with Gasteiger partial charge in [0.2, 0.25) is 0 Å². The van der Waals surface area contributed by atoms with E-state index in [-0.39, 0.29) is 11.9 Å². The lowest BCUT2D eigenvalue weighted by Gasteiger charge is -2.32. The highest BCUT2D eigenvalue weighted by atomic mass is 19.4. The van der Waals surface area contributed by atoms with Gasteiger partial charge in [-0.2, -0.15) is 13.2 Å². The lowest BCUT2D eigenvalue weighted by molar-refractivity contribution is -0.137. The summed E-state index contributed by atoms with van der Waals surface area (Å²) in [5.41, 5.74) is 0.0000233. The van der Waals surface area contributed by atoms with Gasteiger partial charge in [-0.15, -0.1) is 0 Å². The lowest BCUT2D eigenvalue weighted by atomic mass is 9.91.